The average Bonchev–Trinajstić information content (AvgIpc) is 3.02. The smallest absolute Gasteiger partial charge is 0.387 e. The molecule has 2 fully saturated rings. The van der Waals surface area contributed by atoms with Gasteiger partial charge in [-0.2, -0.15) is 26.3 Å². The summed E-state index contributed by atoms with van der Waals surface area (Å²) < 4.78 is 94.5. The molecule has 0 saturated carbocycles. The Kier molecular flexibility index (Phi) is 10.00. The number of rotatable bonds is 5. The van der Waals surface area contributed by atoms with Gasteiger partial charge in [-0.1, -0.05) is 12.1 Å². The Morgan fingerprint density at radius 1 is 0.844 bits per heavy atom. The van der Waals surface area contributed by atoms with Gasteiger partial charge in [0.05, 0.1) is 11.1 Å². The van der Waals surface area contributed by atoms with Gasteiger partial charge in [0.2, 0.25) is 11.8 Å². The highest BCUT2D eigenvalue weighted by molar-refractivity contribution is 5.92. The van der Waals surface area contributed by atoms with E-state index in [2.05, 4.69) is 0 Å². The molecule has 0 aromatic heterocycles. The second-order valence-electron chi connectivity index (χ2n) is 11.3. The average molecular weight is 647 g/mol. The van der Waals surface area contributed by atoms with E-state index in [0.29, 0.717) is 48.5 Å². The first-order valence-electron chi connectivity index (χ1n) is 14.2. The molecule has 0 aliphatic carbocycles. The number of aliphatic hydroxyl groups excluding tert-OH is 1. The van der Waals surface area contributed by atoms with Gasteiger partial charge in [-0.05, 0) is 55.2 Å². The number of carbonyl (C=O) groups is 3. The minimum absolute atomic E-state index is 0.0167. The minimum Gasteiger partial charge on any atom is -0.387 e. The van der Waals surface area contributed by atoms with Gasteiger partial charge in [0, 0.05) is 63.8 Å². The van der Waals surface area contributed by atoms with Crippen LogP contribution in [0.2, 0.25) is 0 Å². The summed E-state index contributed by atoms with van der Waals surface area (Å²) in [6.07, 6.45) is -9.17. The van der Waals surface area contributed by atoms with Crippen LogP contribution in [-0.2, 0) is 21.9 Å². The molecule has 4 rings (SSSR count). The van der Waals surface area contributed by atoms with Crippen molar-refractivity contribution < 1.29 is 50.2 Å². The van der Waals surface area contributed by atoms with E-state index in [0.717, 1.165) is 7.05 Å². The van der Waals surface area contributed by atoms with Gasteiger partial charge in [-0.25, -0.2) is 9.18 Å². The molecule has 2 heterocycles. The van der Waals surface area contributed by atoms with E-state index in [-0.39, 0.29) is 37.4 Å². The molecule has 4 amide bonds. The third-order valence-corrected chi connectivity index (χ3v) is 8.56. The van der Waals surface area contributed by atoms with Gasteiger partial charge in [0.25, 0.3) is 0 Å². The zero-order valence-electron chi connectivity index (χ0n) is 24.5. The van der Waals surface area contributed by atoms with Crippen LogP contribution in [0.3, 0.4) is 0 Å². The van der Waals surface area contributed by atoms with Crippen molar-refractivity contribution in [2.75, 3.05) is 51.8 Å². The van der Waals surface area contributed by atoms with E-state index < -0.39 is 65.5 Å². The number of alkyl halides is 6. The number of amides is 4. The molecule has 2 aromatic rings. The number of nitrogens with zero attached hydrogens (tertiary/aromatic N) is 4. The SMILES string of the molecule is CN(C(=O)N(C)[C@@H]1CCN(C(=O)C2CCN(C(=O)CO)CC2)C[C@H]1c1ccc(F)cc1)c1cc(C(F)(F)F)cc(C(F)(F)F)c1. The Labute approximate surface area is 255 Å². The number of urea groups is 1. The highest BCUT2D eigenvalue weighted by atomic mass is 19.4. The van der Waals surface area contributed by atoms with Crippen LogP contribution in [0.5, 0.6) is 0 Å². The van der Waals surface area contributed by atoms with Gasteiger partial charge >= 0.3 is 18.4 Å². The van der Waals surface area contributed by atoms with E-state index in [1.54, 1.807) is 4.90 Å². The summed E-state index contributed by atoms with van der Waals surface area (Å²) in [6.45, 7) is 0.323. The summed E-state index contributed by atoms with van der Waals surface area (Å²) in [5, 5.41) is 9.11. The highest BCUT2D eigenvalue weighted by Gasteiger charge is 2.41. The molecular formula is C30H33F7N4O4. The fourth-order valence-electron chi connectivity index (χ4n) is 6.00. The van der Waals surface area contributed by atoms with Crippen molar-refractivity contribution in [1.29, 1.82) is 0 Å². The maximum atomic E-state index is 13.8. The highest BCUT2D eigenvalue weighted by Crippen LogP contribution is 2.39. The third-order valence-electron chi connectivity index (χ3n) is 8.56. The van der Waals surface area contributed by atoms with E-state index in [1.165, 1.54) is 41.1 Å². The summed E-state index contributed by atoms with van der Waals surface area (Å²) in [5.41, 5.74) is -3.14. The lowest BCUT2D eigenvalue weighted by Gasteiger charge is -2.45. The standard InChI is InChI=1S/C30H33F7N4O4/c1-38(23-14-20(29(32,33)34)13-21(15-23)30(35,36)37)28(45)39(2)25-9-12-41(16-24(25)18-3-5-22(31)6-4-18)27(44)19-7-10-40(11-8-19)26(43)17-42/h3-6,13-15,19,24-25,42H,7-12,16-17H2,1-2H3/t24-,25+/m0/s1. The lowest BCUT2D eigenvalue weighted by atomic mass is 9.84. The fourth-order valence-corrected chi connectivity index (χ4v) is 6.00. The molecule has 0 unspecified atom stereocenters. The van der Waals surface area contributed by atoms with Crippen LogP contribution in [-0.4, -0.2) is 90.6 Å². The normalized spacial score (nSPS) is 19.8. The Hall–Kier alpha value is -3.88. The number of anilines is 1. The van der Waals surface area contributed by atoms with Crippen LogP contribution in [0.15, 0.2) is 42.5 Å². The number of likely N-dealkylation sites (tertiary alicyclic amines) is 2. The van der Waals surface area contributed by atoms with Gasteiger partial charge in [-0.15, -0.1) is 0 Å². The Morgan fingerprint density at radius 3 is 1.89 bits per heavy atom. The summed E-state index contributed by atoms with van der Waals surface area (Å²) in [7, 11) is 2.46. The number of hydrogen-bond acceptors (Lipinski definition) is 4. The zero-order valence-corrected chi connectivity index (χ0v) is 24.5. The maximum absolute atomic E-state index is 13.8. The van der Waals surface area contributed by atoms with Crippen LogP contribution < -0.4 is 4.90 Å². The molecule has 0 radical (unpaired) electrons. The molecule has 2 aliphatic heterocycles. The number of hydrogen-bond donors (Lipinski definition) is 1. The number of carbonyl (C=O) groups excluding carboxylic acids is 3. The Bertz CT molecular complexity index is 1360. The second-order valence-corrected chi connectivity index (χ2v) is 11.3. The molecule has 0 bridgehead atoms. The van der Waals surface area contributed by atoms with Crippen molar-refractivity contribution in [3.8, 4) is 0 Å². The van der Waals surface area contributed by atoms with E-state index in [9.17, 15) is 45.1 Å². The van der Waals surface area contributed by atoms with Crippen molar-refractivity contribution in [2.45, 2.75) is 43.6 Å². The molecule has 2 saturated heterocycles. The molecule has 246 valence electrons. The molecular weight excluding hydrogens is 613 g/mol. The fraction of sp³-hybridized carbons (Fsp3) is 0.500. The molecule has 2 aromatic carbocycles. The lowest BCUT2D eigenvalue weighted by Crippen LogP contribution is -2.55. The van der Waals surface area contributed by atoms with Gasteiger partial charge in [0.15, 0.2) is 0 Å². The first kappa shape index (κ1) is 34.0. The molecule has 2 aliphatic rings. The first-order chi connectivity index (χ1) is 21.0. The number of piperidine rings is 2. The summed E-state index contributed by atoms with van der Waals surface area (Å²) in [4.78, 5) is 43.9. The molecule has 2 atom stereocenters. The predicted molar refractivity (Wildman–Crippen MR) is 149 cm³/mol. The topological polar surface area (TPSA) is 84.4 Å². The molecule has 8 nitrogen and oxygen atoms in total. The van der Waals surface area contributed by atoms with Crippen molar-refractivity contribution in [2.24, 2.45) is 5.92 Å². The quantitative estimate of drug-likeness (QED) is 0.466. The summed E-state index contributed by atoms with van der Waals surface area (Å²) >= 11 is 0. The van der Waals surface area contributed by atoms with Gasteiger partial charge in [0.1, 0.15) is 12.4 Å². The zero-order chi connectivity index (χ0) is 33.3. The van der Waals surface area contributed by atoms with E-state index in [4.69, 9.17) is 5.11 Å². The lowest BCUT2D eigenvalue weighted by molar-refractivity contribution is -0.143. The molecule has 1 N–H and O–H groups in total. The number of halogens is 7. The molecule has 45 heavy (non-hydrogen) atoms. The maximum Gasteiger partial charge on any atom is 0.416 e. The van der Waals surface area contributed by atoms with Gasteiger partial charge < -0.3 is 19.8 Å². The number of aliphatic hydroxyl groups is 1. The van der Waals surface area contributed by atoms with Crippen LogP contribution in [0.25, 0.3) is 0 Å². The van der Waals surface area contributed by atoms with E-state index in [1.807, 2.05) is 0 Å². The van der Waals surface area contributed by atoms with Gasteiger partial charge in [-0.3, -0.25) is 14.5 Å². The van der Waals surface area contributed by atoms with Crippen LogP contribution in [0.4, 0.5) is 41.2 Å². The molecule has 15 heteroatoms. The van der Waals surface area contributed by atoms with E-state index >= 15 is 0 Å². The van der Waals surface area contributed by atoms with Crippen LogP contribution in [0.1, 0.15) is 41.9 Å². The first-order valence-corrected chi connectivity index (χ1v) is 14.2. The van der Waals surface area contributed by atoms with Crippen molar-refractivity contribution in [3.05, 3.63) is 65.0 Å². The number of likely N-dealkylation sites (N-methyl/N-ethyl adjacent to an activating group) is 1. The summed E-state index contributed by atoms with van der Waals surface area (Å²) in [6, 6.07) is 4.85. The van der Waals surface area contributed by atoms with Crippen LogP contribution in [0, 0.1) is 11.7 Å². The van der Waals surface area contributed by atoms with Crippen molar-refractivity contribution >= 4 is 23.5 Å². The Morgan fingerprint density at radius 2 is 1.38 bits per heavy atom. The van der Waals surface area contributed by atoms with Crippen molar-refractivity contribution in [1.82, 2.24) is 14.7 Å². The van der Waals surface area contributed by atoms with Crippen LogP contribution >= 0.6 is 0 Å². The Balaban J connectivity index is 1.57. The number of benzene rings is 2. The molecule has 0 spiro atoms. The summed E-state index contributed by atoms with van der Waals surface area (Å²) in [5.74, 6) is -2.04. The third kappa shape index (κ3) is 7.68. The second kappa shape index (κ2) is 13.2. The predicted octanol–water partition coefficient (Wildman–Crippen LogP) is 4.97. The van der Waals surface area contributed by atoms with Crippen molar-refractivity contribution in [3.63, 3.8) is 0 Å². The largest absolute Gasteiger partial charge is 0.416 e. The minimum atomic E-state index is -5.09. The monoisotopic (exact) mass is 646 g/mol.